The van der Waals surface area contributed by atoms with Gasteiger partial charge in [-0.1, -0.05) is 18.1 Å². The fourth-order valence-electron chi connectivity index (χ4n) is 2.79. The first-order valence-corrected chi connectivity index (χ1v) is 8.23. The molecule has 1 saturated heterocycles. The van der Waals surface area contributed by atoms with Gasteiger partial charge in [0.2, 0.25) is 5.91 Å². The molecule has 1 aromatic carbocycles. The number of likely N-dealkylation sites (tertiary alicyclic amines) is 1. The summed E-state index contributed by atoms with van der Waals surface area (Å²) in [6.45, 7) is 5.29. The van der Waals surface area contributed by atoms with Gasteiger partial charge in [0.1, 0.15) is 12.4 Å². The lowest BCUT2D eigenvalue weighted by atomic mass is 9.97. The predicted octanol–water partition coefficient (Wildman–Crippen LogP) is 2.52. The summed E-state index contributed by atoms with van der Waals surface area (Å²) in [4.78, 5) is 14.3. The van der Waals surface area contributed by atoms with E-state index in [0.717, 1.165) is 37.2 Å². The molecule has 4 nitrogen and oxygen atoms in total. The van der Waals surface area contributed by atoms with E-state index >= 15 is 0 Å². The van der Waals surface area contributed by atoms with Gasteiger partial charge in [-0.25, -0.2) is 0 Å². The lowest BCUT2D eigenvalue weighted by Crippen LogP contribution is -2.40. The maximum Gasteiger partial charge on any atom is 0.226 e. The zero-order valence-electron chi connectivity index (χ0n) is 13.8. The molecule has 0 aromatic heterocycles. The Balaban J connectivity index is 1.75. The molecule has 1 amide bonds. The van der Waals surface area contributed by atoms with Crippen LogP contribution in [0.1, 0.15) is 25.3 Å². The van der Waals surface area contributed by atoms with Crippen LogP contribution in [0.2, 0.25) is 0 Å². The third-order valence-electron chi connectivity index (χ3n) is 4.10. The molecule has 0 aliphatic carbocycles. The molecule has 0 atom stereocenters. The summed E-state index contributed by atoms with van der Waals surface area (Å²) >= 11 is 0. The third kappa shape index (κ3) is 5.61. The van der Waals surface area contributed by atoms with E-state index in [9.17, 15) is 4.79 Å². The number of carbonyl (C=O) groups excluding carboxylic acids is 1. The van der Waals surface area contributed by atoms with E-state index in [4.69, 9.17) is 15.9 Å². The Hall–Kier alpha value is -1.99. The molecule has 1 aliphatic heterocycles. The monoisotopic (exact) mass is 315 g/mol. The highest BCUT2D eigenvalue weighted by Crippen LogP contribution is 2.19. The predicted molar refractivity (Wildman–Crippen MR) is 90.3 cm³/mol. The van der Waals surface area contributed by atoms with Crippen molar-refractivity contribution in [3.63, 3.8) is 0 Å². The van der Waals surface area contributed by atoms with Crippen molar-refractivity contribution in [2.75, 3.05) is 32.9 Å². The summed E-state index contributed by atoms with van der Waals surface area (Å²) in [5, 5.41) is 0. The standard InChI is InChI=1S/C19H25NO3/c1-3-13-22-15-17-9-11-20(12-10-17)19(21)14-16-5-7-18(8-6-16)23-4-2/h1,5-8,17H,4,9-15H2,2H3. The van der Waals surface area contributed by atoms with Crippen LogP contribution in [0.5, 0.6) is 5.75 Å². The summed E-state index contributed by atoms with van der Waals surface area (Å²) in [6.07, 6.45) is 7.59. The van der Waals surface area contributed by atoms with Crippen LogP contribution in [0, 0.1) is 18.3 Å². The maximum atomic E-state index is 12.4. The first-order chi connectivity index (χ1) is 11.2. The number of terminal acetylenes is 1. The van der Waals surface area contributed by atoms with Gasteiger partial charge in [-0.3, -0.25) is 4.79 Å². The van der Waals surface area contributed by atoms with Crippen molar-refractivity contribution in [3.8, 4) is 18.1 Å². The second-order valence-corrected chi connectivity index (χ2v) is 5.80. The Morgan fingerprint density at radius 2 is 2.00 bits per heavy atom. The Labute approximate surface area is 138 Å². The number of rotatable bonds is 7. The molecule has 1 aromatic rings. The molecule has 2 rings (SSSR count). The van der Waals surface area contributed by atoms with E-state index in [1.165, 1.54) is 0 Å². The molecule has 1 fully saturated rings. The van der Waals surface area contributed by atoms with Gasteiger partial charge in [0, 0.05) is 13.1 Å². The number of hydrogen-bond acceptors (Lipinski definition) is 3. The minimum Gasteiger partial charge on any atom is -0.494 e. The maximum absolute atomic E-state index is 12.4. The molecular weight excluding hydrogens is 290 g/mol. The number of ether oxygens (including phenoxy) is 2. The summed E-state index contributed by atoms with van der Waals surface area (Å²) in [6, 6.07) is 7.76. The zero-order chi connectivity index (χ0) is 16.5. The number of piperidine rings is 1. The smallest absolute Gasteiger partial charge is 0.226 e. The van der Waals surface area contributed by atoms with Gasteiger partial charge in [-0.15, -0.1) is 6.42 Å². The Kier molecular flexibility index (Phi) is 6.96. The molecule has 4 heteroatoms. The molecule has 0 N–H and O–H groups in total. The van der Waals surface area contributed by atoms with Crippen molar-refractivity contribution in [2.24, 2.45) is 5.92 Å². The zero-order valence-corrected chi connectivity index (χ0v) is 13.8. The molecule has 0 spiro atoms. The number of amides is 1. The van der Waals surface area contributed by atoms with Gasteiger partial charge < -0.3 is 14.4 Å². The molecule has 0 saturated carbocycles. The van der Waals surface area contributed by atoms with Crippen molar-refractivity contribution < 1.29 is 14.3 Å². The van der Waals surface area contributed by atoms with E-state index in [-0.39, 0.29) is 5.91 Å². The number of benzene rings is 1. The van der Waals surface area contributed by atoms with E-state index < -0.39 is 0 Å². The van der Waals surface area contributed by atoms with Crippen LogP contribution < -0.4 is 4.74 Å². The van der Waals surface area contributed by atoms with Crippen molar-refractivity contribution in [1.29, 1.82) is 0 Å². The van der Waals surface area contributed by atoms with Crippen molar-refractivity contribution in [2.45, 2.75) is 26.2 Å². The van der Waals surface area contributed by atoms with Gasteiger partial charge >= 0.3 is 0 Å². The number of nitrogens with zero attached hydrogens (tertiary/aromatic N) is 1. The molecule has 0 unspecified atom stereocenters. The average Bonchev–Trinajstić information content (AvgIpc) is 2.58. The van der Waals surface area contributed by atoms with Crippen LogP contribution in [0.4, 0.5) is 0 Å². The second-order valence-electron chi connectivity index (χ2n) is 5.80. The molecule has 124 valence electrons. The topological polar surface area (TPSA) is 38.8 Å². The molecule has 1 heterocycles. The highest BCUT2D eigenvalue weighted by atomic mass is 16.5. The van der Waals surface area contributed by atoms with Crippen LogP contribution in [0.25, 0.3) is 0 Å². The van der Waals surface area contributed by atoms with Crippen LogP contribution in [-0.4, -0.2) is 43.7 Å². The fraction of sp³-hybridized carbons (Fsp3) is 0.526. The average molecular weight is 315 g/mol. The van der Waals surface area contributed by atoms with Gasteiger partial charge in [0.25, 0.3) is 0 Å². The lowest BCUT2D eigenvalue weighted by molar-refractivity contribution is -0.132. The minimum atomic E-state index is 0.192. The van der Waals surface area contributed by atoms with E-state index in [1.807, 2.05) is 36.1 Å². The van der Waals surface area contributed by atoms with Crippen LogP contribution in [-0.2, 0) is 16.0 Å². The third-order valence-corrected chi connectivity index (χ3v) is 4.10. The highest BCUT2D eigenvalue weighted by Gasteiger charge is 2.22. The lowest BCUT2D eigenvalue weighted by Gasteiger charge is -2.32. The van der Waals surface area contributed by atoms with Crippen LogP contribution >= 0.6 is 0 Å². The van der Waals surface area contributed by atoms with Crippen LogP contribution in [0.15, 0.2) is 24.3 Å². The molecule has 0 bridgehead atoms. The SMILES string of the molecule is C#CCOCC1CCN(C(=O)Cc2ccc(OCC)cc2)CC1. The summed E-state index contributed by atoms with van der Waals surface area (Å²) in [5.74, 6) is 4.03. The van der Waals surface area contributed by atoms with E-state index in [2.05, 4.69) is 5.92 Å². The summed E-state index contributed by atoms with van der Waals surface area (Å²) < 4.78 is 10.8. The quantitative estimate of drug-likeness (QED) is 0.573. The van der Waals surface area contributed by atoms with Gasteiger partial charge in [-0.05, 0) is 43.4 Å². The minimum absolute atomic E-state index is 0.192. The summed E-state index contributed by atoms with van der Waals surface area (Å²) in [5.41, 5.74) is 1.03. The molecular formula is C19H25NO3. The number of hydrogen-bond donors (Lipinski definition) is 0. The van der Waals surface area contributed by atoms with Gasteiger partial charge in [-0.2, -0.15) is 0 Å². The summed E-state index contributed by atoms with van der Waals surface area (Å²) in [7, 11) is 0. The second kappa shape index (κ2) is 9.22. The Morgan fingerprint density at radius 1 is 1.30 bits per heavy atom. The van der Waals surface area contributed by atoms with Gasteiger partial charge in [0.05, 0.1) is 19.6 Å². The molecule has 1 aliphatic rings. The normalized spacial score (nSPS) is 15.2. The number of carbonyl (C=O) groups is 1. The largest absolute Gasteiger partial charge is 0.494 e. The Morgan fingerprint density at radius 3 is 2.61 bits per heavy atom. The van der Waals surface area contributed by atoms with E-state index in [1.54, 1.807) is 0 Å². The fourth-order valence-corrected chi connectivity index (χ4v) is 2.79. The van der Waals surface area contributed by atoms with Crippen molar-refractivity contribution in [3.05, 3.63) is 29.8 Å². The van der Waals surface area contributed by atoms with Crippen LogP contribution in [0.3, 0.4) is 0 Å². The van der Waals surface area contributed by atoms with Crippen molar-refractivity contribution >= 4 is 5.91 Å². The van der Waals surface area contributed by atoms with Crippen molar-refractivity contribution in [1.82, 2.24) is 4.90 Å². The molecule has 0 radical (unpaired) electrons. The van der Waals surface area contributed by atoms with Gasteiger partial charge in [0.15, 0.2) is 0 Å². The first kappa shape index (κ1) is 17.4. The Bertz CT molecular complexity index is 525. The first-order valence-electron chi connectivity index (χ1n) is 8.23. The highest BCUT2D eigenvalue weighted by molar-refractivity contribution is 5.78. The molecule has 23 heavy (non-hydrogen) atoms. The van der Waals surface area contributed by atoms with E-state index in [0.29, 0.717) is 32.2 Å².